The van der Waals surface area contributed by atoms with Gasteiger partial charge in [0.15, 0.2) is 6.29 Å². The van der Waals surface area contributed by atoms with Gasteiger partial charge in [-0.25, -0.2) is 0 Å². The van der Waals surface area contributed by atoms with Crippen molar-refractivity contribution in [1.29, 1.82) is 0 Å². The molecule has 1 fully saturated rings. The molecule has 0 aromatic heterocycles. The average molecular weight is 234 g/mol. The molecule has 0 spiro atoms. The van der Waals surface area contributed by atoms with Crippen molar-refractivity contribution in [2.75, 3.05) is 20.3 Å². The summed E-state index contributed by atoms with van der Waals surface area (Å²) in [5, 5.41) is 28.5. The van der Waals surface area contributed by atoms with Crippen molar-refractivity contribution in [2.45, 2.75) is 30.7 Å². The van der Waals surface area contributed by atoms with E-state index in [1.807, 2.05) is 0 Å². The van der Waals surface area contributed by atoms with E-state index in [-0.39, 0.29) is 13.2 Å². The first kappa shape index (κ1) is 13.6. The van der Waals surface area contributed by atoms with Crippen LogP contribution in [-0.2, 0) is 14.2 Å². The van der Waals surface area contributed by atoms with Gasteiger partial charge in [-0.05, 0) is 0 Å². The Hall–Kier alpha value is -0.500. The molecule has 0 amide bonds. The number of methoxy groups -OCH3 is 1. The van der Waals surface area contributed by atoms with Crippen LogP contribution in [-0.4, -0.2) is 66.3 Å². The standard InChI is InChI=1S/C10H18O6/c1-3-4-15-10-8(13)9(14-2)7(12)6(5-11)16-10/h3,6-13H,1,4-5H2,2H3/t6-,7-,8+,9+,10+/m1/s1. The zero-order valence-corrected chi connectivity index (χ0v) is 9.15. The molecule has 1 saturated heterocycles. The van der Waals surface area contributed by atoms with Crippen molar-refractivity contribution in [3.8, 4) is 0 Å². The second-order valence-corrected chi connectivity index (χ2v) is 3.53. The Morgan fingerprint density at radius 2 is 2.06 bits per heavy atom. The van der Waals surface area contributed by atoms with Crippen LogP contribution in [0.25, 0.3) is 0 Å². The molecule has 1 aliphatic heterocycles. The maximum absolute atomic E-state index is 9.79. The third-order valence-electron chi connectivity index (χ3n) is 2.47. The zero-order chi connectivity index (χ0) is 12.1. The predicted molar refractivity (Wildman–Crippen MR) is 54.7 cm³/mol. The first-order valence-corrected chi connectivity index (χ1v) is 5.03. The highest BCUT2D eigenvalue weighted by Crippen LogP contribution is 2.23. The molecule has 6 heteroatoms. The molecule has 94 valence electrons. The van der Waals surface area contributed by atoms with E-state index >= 15 is 0 Å². The number of hydrogen-bond donors (Lipinski definition) is 3. The van der Waals surface area contributed by atoms with E-state index in [0.717, 1.165) is 0 Å². The fraction of sp³-hybridized carbons (Fsp3) is 0.800. The molecule has 6 nitrogen and oxygen atoms in total. The van der Waals surface area contributed by atoms with Gasteiger partial charge < -0.3 is 29.5 Å². The Balaban J connectivity index is 2.68. The molecule has 0 aliphatic carbocycles. The van der Waals surface area contributed by atoms with E-state index in [1.165, 1.54) is 13.2 Å². The van der Waals surface area contributed by atoms with Gasteiger partial charge in [0.25, 0.3) is 0 Å². The van der Waals surface area contributed by atoms with Crippen LogP contribution in [0, 0.1) is 0 Å². The Labute approximate surface area is 94.1 Å². The number of hydrogen-bond acceptors (Lipinski definition) is 6. The monoisotopic (exact) mass is 234 g/mol. The Kier molecular flexibility index (Phi) is 5.33. The fourth-order valence-corrected chi connectivity index (χ4v) is 1.63. The van der Waals surface area contributed by atoms with Crippen LogP contribution >= 0.6 is 0 Å². The maximum Gasteiger partial charge on any atom is 0.187 e. The van der Waals surface area contributed by atoms with Crippen molar-refractivity contribution in [2.24, 2.45) is 0 Å². The van der Waals surface area contributed by atoms with Gasteiger partial charge in [-0.2, -0.15) is 0 Å². The van der Waals surface area contributed by atoms with Gasteiger partial charge in [-0.1, -0.05) is 6.08 Å². The third kappa shape index (κ3) is 2.79. The molecule has 0 saturated carbocycles. The van der Waals surface area contributed by atoms with Crippen LogP contribution in [0.5, 0.6) is 0 Å². The fourth-order valence-electron chi connectivity index (χ4n) is 1.63. The minimum absolute atomic E-state index is 0.201. The quantitative estimate of drug-likeness (QED) is 0.509. The summed E-state index contributed by atoms with van der Waals surface area (Å²) in [6.45, 7) is 3.30. The Morgan fingerprint density at radius 1 is 1.38 bits per heavy atom. The highest BCUT2D eigenvalue weighted by atomic mass is 16.7. The van der Waals surface area contributed by atoms with Crippen molar-refractivity contribution in [3.05, 3.63) is 12.7 Å². The van der Waals surface area contributed by atoms with Gasteiger partial charge in [-0.3, -0.25) is 0 Å². The molecular formula is C10H18O6. The summed E-state index contributed by atoms with van der Waals surface area (Å²) in [6, 6.07) is 0. The van der Waals surface area contributed by atoms with Crippen molar-refractivity contribution in [3.63, 3.8) is 0 Å². The smallest absolute Gasteiger partial charge is 0.187 e. The molecule has 5 atom stereocenters. The van der Waals surface area contributed by atoms with E-state index in [9.17, 15) is 10.2 Å². The second kappa shape index (κ2) is 6.29. The number of rotatable bonds is 5. The van der Waals surface area contributed by atoms with Crippen LogP contribution in [0.3, 0.4) is 0 Å². The summed E-state index contributed by atoms with van der Waals surface area (Å²) in [5.74, 6) is 0. The lowest BCUT2D eigenvalue weighted by Crippen LogP contribution is -2.59. The van der Waals surface area contributed by atoms with Crippen LogP contribution < -0.4 is 0 Å². The van der Waals surface area contributed by atoms with Gasteiger partial charge in [-0.15, -0.1) is 6.58 Å². The van der Waals surface area contributed by atoms with Crippen LogP contribution in [0.4, 0.5) is 0 Å². The molecule has 16 heavy (non-hydrogen) atoms. The van der Waals surface area contributed by atoms with Gasteiger partial charge in [0.05, 0.1) is 13.2 Å². The summed E-state index contributed by atoms with van der Waals surface area (Å²) in [4.78, 5) is 0. The predicted octanol–water partition coefficient (Wildman–Crippen LogP) is -1.36. The van der Waals surface area contributed by atoms with Crippen LogP contribution in [0.2, 0.25) is 0 Å². The van der Waals surface area contributed by atoms with E-state index < -0.39 is 30.7 Å². The first-order chi connectivity index (χ1) is 7.65. The molecule has 0 aromatic carbocycles. The minimum atomic E-state index is -1.11. The third-order valence-corrected chi connectivity index (χ3v) is 2.47. The summed E-state index contributed by atoms with van der Waals surface area (Å²) < 4.78 is 15.3. The molecule has 1 aliphatic rings. The number of aliphatic hydroxyl groups excluding tert-OH is 3. The summed E-state index contributed by atoms with van der Waals surface area (Å²) >= 11 is 0. The number of ether oxygens (including phenoxy) is 3. The van der Waals surface area contributed by atoms with E-state index in [0.29, 0.717) is 0 Å². The number of aliphatic hydroxyl groups is 3. The van der Waals surface area contributed by atoms with Gasteiger partial charge in [0.2, 0.25) is 0 Å². The normalized spacial score (nSPS) is 39.6. The van der Waals surface area contributed by atoms with E-state index in [4.69, 9.17) is 19.3 Å². The van der Waals surface area contributed by atoms with Crippen molar-refractivity contribution in [1.82, 2.24) is 0 Å². The van der Waals surface area contributed by atoms with Crippen LogP contribution in [0.1, 0.15) is 0 Å². The highest BCUT2D eigenvalue weighted by Gasteiger charge is 2.44. The lowest BCUT2D eigenvalue weighted by molar-refractivity contribution is -0.302. The molecule has 0 radical (unpaired) electrons. The zero-order valence-electron chi connectivity index (χ0n) is 9.15. The highest BCUT2D eigenvalue weighted by molar-refractivity contribution is 4.90. The largest absolute Gasteiger partial charge is 0.394 e. The summed E-state index contributed by atoms with van der Waals surface area (Å²) in [6.07, 6.45) is -3.31. The molecule has 3 N–H and O–H groups in total. The molecule has 0 aromatic rings. The maximum atomic E-state index is 9.79. The van der Waals surface area contributed by atoms with Gasteiger partial charge >= 0.3 is 0 Å². The van der Waals surface area contributed by atoms with E-state index in [1.54, 1.807) is 0 Å². The first-order valence-electron chi connectivity index (χ1n) is 5.03. The molecule has 1 heterocycles. The van der Waals surface area contributed by atoms with Gasteiger partial charge in [0.1, 0.15) is 24.4 Å². The summed E-state index contributed by atoms with van der Waals surface area (Å²) in [7, 11) is 1.36. The average Bonchev–Trinajstić information content (AvgIpc) is 2.29. The molecule has 1 rings (SSSR count). The molecule has 0 unspecified atom stereocenters. The van der Waals surface area contributed by atoms with E-state index in [2.05, 4.69) is 6.58 Å². The van der Waals surface area contributed by atoms with Crippen molar-refractivity contribution >= 4 is 0 Å². The molecular weight excluding hydrogens is 216 g/mol. The molecule has 0 bridgehead atoms. The Bertz CT molecular complexity index is 221. The van der Waals surface area contributed by atoms with Crippen LogP contribution in [0.15, 0.2) is 12.7 Å². The SMILES string of the molecule is C=CCO[C@H]1O[C@H](CO)[C@@H](O)[C@H](OC)[C@@H]1O. The lowest BCUT2D eigenvalue weighted by atomic mass is 9.99. The summed E-state index contributed by atoms with van der Waals surface area (Å²) in [5.41, 5.74) is 0. The minimum Gasteiger partial charge on any atom is -0.394 e. The van der Waals surface area contributed by atoms with Gasteiger partial charge in [0, 0.05) is 7.11 Å². The van der Waals surface area contributed by atoms with Crippen molar-refractivity contribution < 1.29 is 29.5 Å². The Morgan fingerprint density at radius 3 is 2.56 bits per heavy atom. The lowest BCUT2D eigenvalue weighted by Gasteiger charge is -2.41. The topological polar surface area (TPSA) is 88.4 Å². The second-order valence-electron chi connectivity index (χ2n) is 3.53.